The molecule has 1 saturated heterocycles. The SMILES string of the molecule is COCCNCc1ccc(-c2cc3nccc(Oc4ccc(NC(=O)N5CCN(c6ccc(F)cc6)C5=S)cc4F)c3s2)nc1. The molecular weight excluding hydrogens is 619 g/mol. The zero-order valence-electron chi connectivity index (χ0n) is 24.1. The van der Waals surface area contributed by atoms with Crippen molar-refractivity contribution in [3.05, 3.63) is 96.3 Å². The number of nitrogens with zero attached hydrogens (tertiary/aromatic N) is 4. The van der Waals surface area contributed by atoms with Crippen molar-refractivity contribution in [2.75, 3.05) is 43.6 Å². The van der Waals surface area contributed by atoms with Crippen molar-refractivity contribution >= 4 is 56.3 Å². The minimum absolute atomic E-state index is 0.00178. The van der Waals surface area contributed by atoms with Gasteiger partial charge in [0.25, 0.3) is 0 Å². The summed E-state index contributed by atoms with van der Waals surface area (Å²) in [6.45, 7) is 2.88. The Hall–Kier alpha value is -4.56. The summed E-state index contributed by atoms with van der Waals surface area (Å²) in [5.74, 6) is -0.557. The number of carbonyl (C=O) groups is 1. The van der Waals surface area contributed by atoms with Crippen molar-refractivity contribution in [1.82, 2.24) is 20.2 Å². The number of anilines is 2. The first kappa shape index (κ1) is 30.5. The normalized spacial score (nSPS) is 13.1. The standard InChI is InChI=1S/C32H28F2N6O3S2/c1-42-15-12-35-18-20-2-8-25(37-19-20)29-17-26-30(45-29)28(10-11-36-26)43-27-9-5-22(16-24(27)34)38-31(41)40-14-13-39(32(40)44)23-6-3-21(33)4-7-23/h2-11,16-17,19,35H,12-15,18H2,1H3,(H,38,41). The maximum absolute atomic E-state index is 15.2. The average molecular weight is 647 g/mol. The first-order valence-electron chi connectivity index (χ1n) is 14.1. The number of hydrogen-bond donors (Lipinski definition) is 2. The minimum Gasteiger partial charge on any atom is -0.453 e. The van der Waals surface area contributed by atoms with Crippen LogP contribution < -0.4 is 20.3 Å². The van der Waals surface area contributed by atoms with Crippen molar-refractivity contribution in [3.63, 3.8) is 0 Å². The third kappa shape index (κ3) is 6.91. The fourth-order valence-corrected chi connectivity index (χ4v) is 6.17. The van der Waals surface area contributed by atoms with E-state index in [-0.39, 0.29) is 22.4 Å². The van der Waals surface area contributed by atoms with E-state index >= 15 is 4.39 Å². The lowest BCUT2D eigenvalue weighted by Crippen LogP contribution is -2.38. The Labute approximate surface area is 267 Å². The van der Waals surface area contributed by atoms with E-state index < -0.39 is 11.8 Å². The van der Waals surface area contributed by atoms with Gasteiger partial charge in [-0.25, -0.2) is 13.6 Å². The van der Waals surface area contributed by atoms with Crippen LogP contribution in [0.1, 0.15) is 5.56 Å². The van der Waals surface area contributed by atoms with E-state index in [1.54, 1.807) is 42.5 Å². The van der Waals surface area contributed by atoms with Crippen molar-refractivity contribution in [3.8, 4) is 22.1 Å². The van der Waals surface area contributed by atoms with Gasteiger partial charge in [-0.2, -0.15) is 0 Å². The number of pyridine rings is 2. The molecule has 230 valence electrons. The summed E-state index contributed by atoms with van der Waals surface area (Å²) in [6, 6.07) is 17.2. The molecule has 2 amide bonds. The monoisotopic (exact) mass is 646 g/mol. The molecule has 0 aliphatic carbocycles. The number of carbonyl (C=O) groups excluding carboxylic acids is 1. The molecule has 6 rings (SSSR count). The van der Waals surface area contributed by atoms with Gasteiger partial charge in [-0.1, -0.05) is 6.07 Å². The molecular formula is C32H28F2N6O3S2. The van der Waals surface area contributed by atoms with Crippen molar-refractivity contribution in [2.24, 2.45) is 0 Å². The van der Waals surface area contributed by atoms with Gasteiger partial charge in [0, 0.05) is 69.2 Å². The molecule has 2 N–H and O–H groups in total. The number of ether oxygens (including phenoxy) is 2. The summed E-state index contributed by atoms with van der Waals surface area (Å²) in [7, 11) is 1.67. The van der Waals surface area contributed by atoms with Gasteiger partial charge in [0.2, 0.25) is 0 Å². The number of hydrogen-bond acceptors (Lipinski definition) is 8. The van der Waals surface area contributed by atoms with Crippen molar-refractivity contribution < 1.29 is 23.0 Å². The third-order valence-electron chi connectivity index (χ3n) is 7.06. The van der Waals surface area contributed by atoms with E-state index in [0.717, 1.165) is 27.4 Å². The van der Waals surface area contributed by atoms with Crippen LogP contribution >= 0.6 is 23.6 Å². The predicted molar refractivity (Wildman–Crippen MR) is 175 cm³/mol. The molecule has 0 radical (unpaired) electrons. The molecule has 1 fully saturated rings. The number of urea groups is 1. The second kappa shape index (κ2) is 13.6. The van der Waals surface area contributed by atoms with Crippen LogP contribution in [0.3, 0.4) is 0 Å². The highest BCUT2D eigenvalue weighted by Gasteiger charge is 2.31. The Morgan fingerprint density at radius 2 is 1.87 bits per heavy atom. The molecule has 2 aromatic carbocycles. The molecule has 4 heterocycles. The molecule has 0 saturated carbocycles. The van der Waals surface area contributed by atoms with E-state index in [4.69, 9.17) is 21.7 Å². The molecule has 3 aromatic heterocycles. The molecule has 0 spiro atoms. The van der Waals surface area contributed by atoms with Crippen LogP contribution in [-0.4, -0.2) is 59.4 Å². The van der Waals surface area contributed by atoms with Crippen LogP contribution in [0.25, 0.3) is 20.8 Å². The van der Waals surface area contributed by atoms with Gasteiger partial charge in [0.05, 0.1) is 27.4 Å². The van der Waals surface area contributed by atoms with E-state index in [9.17, 15) is 9.18 Å². The molecule has 0 atom stereocenters. The van der Waals surface area contributed by atoms with Crippen LogP contribution in [-0.2, 0) is 11.3 Å². The lowest BCUT2D eigenvalue weighted by molar-refractivity contribution is 0.199. The van der Waals surface area contributed by atoms with E-state index in [2.05, 4.69) is 20.6 Å². The summed E-state index contributed by atoms with van der Waals surface area (Å²) in [4.78, 5) is 26.1. The zero-order chi connectivity index (χ0) is 31.3. The van der Waals surface area contributed by atoms with Gasteiger partial charge >= 0.3 is 6.03 Å². The zero-order valence-corrected chi connectivity index (χ0v) is 25.8. The Morgan fingerprint density at radius 3 is 2.62 bits per heavy atom. The summed E-state index contributed by atoms with van der Waals surface area (Å²) in [6.07, 6.45) is 3.44. The largest absolute Gasteiger partial charge is 0.453 e. The third-order valence-corrected chi connectivity index (χ3v) is 8.66. The summed E-state index contributed by atoms with van der Waals surface area (Å²) in [5, 5.41) is 6.26. The second-order valence-corrected chi connectivity index (χ2v) is 11.5. The highest BCUT2D eigenvalue weighted by atomic mass is 32.1. The minimum atomic E-state index is -0.650. The lowest BCUT2D eigenvalue weighted by atomic mass is 10.2. The number of amides is 2. The molecule has 0 bridgehead atoms. The van der Waals surface area contributed by atoms with Gasteiger partial charge in [-0.15, -0.1) is 11.3 Å². The number of benzene rings is 2. The van der Waals surface area contributed by atoms with Crippen molar-refractivity contribution in [2.45, 2.75) is 6.54 Å². The molecule has 1 aliphatic rings. The van der Waals surface area contributed by atoms with Crippen molar-refractivity contribution in [1.29, 1.82) is 0 Å². The molecule has 5 aromatic rings. The van der Waals surface area contributed by atoms with Crippen LogP contribution in [0.4, 0.5) is 25.0 Å². The molecule has 1 aliphatic heterocycles. The number of aromatic nitrogens is 2. The quantitative estimate of drug-likeness (QED) is 0.126. The molecule has 45 heavy (non-hydrogen) atoms. The highest BCUT2D eigenvalue weighted by Crippen LogP contribution is 2.39. The maximum atomic E-state index is 15.2. The Morgan fingerprint density at radius 1 is 1.02 bits per heavy atom. The first-order chi connectivity index (χ1) is 21.9. The number of nitrogens with one attached hydrogen (secondary N) is 2. The Kier molecular flexibility index (Phi) is 9.21. The van der Waals surface area contributed by atoms with Gasteiger partial charge in [-0.3, -0.25) is 14.9 Å². The smallest absolute Gasteiger partial charge is 0.328 e. The summed E-state index contributed by atoms with van der Waals surface area (Å²) < 4.78 is 40.3. The number of thiocarbonyl (C=S) groups is 1. The lowest BCUT2D eigenvalue weighted by Gasteiger charge is -2.21. The van der Waals surface area contributed by atoms with Crippen LogP contribution in [0, 0.1) is 11.6 Å². The highest BCUT2D eigenvalue weighted by molar-refractivity contribution is 7.80. The number of thiophene rings is 1. The topological polar surface area (TPSA) is 91.8 Å². The van der Waals surface area contributed by atoms with Gasteiger partial charge in [0.15, 0.2) is 16.7 Å². The fraction of sp³-hybridized carbons (Fsp3) is 0.188. The maximum Gasteiger partial charge on any atom is 0.328 e. The summed E-state index contributed by atoms with van der Waals surface area (Å²) >= 11 is 6.93. The van der Waals surface area contributed by atoms with Gasteiger partial charge < -0.3 is 25.0 Å². The number of rotatable bonds is 10. The average Bonchev–Trinajstić information content (AvgIpc) is 3.66. The summed E-state index contributed by atoms with van der Waals surface area (Å²) in [5.41, 5.74) is 3.50. The van der Waals surface area contributed by atoms with Crippen LogP contribution in [0.2, 0.25) is 0 Å². The number of halogens is 2. The Balaban J connectivity index is 1.11. The van der Waals surface area contributed by atoms with E-state index in [0.29, 0.717) is 43.2 Å². The van der Waals surface area contributed by atoms with Crippen LogP contribution in [0.5, 0.6) is 11.5 Å². The number of methoxy groups -OCH3 is 1. The van der Waals surface area contributed by atoms with Crippen LogP contribution in [0.15, 0.2) is 79.1 Å². The second-order valence-electron chi connectivity index (χ2n) is 10.1. The fourth-order valence-electron chi connectivity index (χ4n) is 4.76. The van der Waals surface area contributed by atoms with E-state index in [1.807, 2.05) is 24.4 Å². The molecule has 13 heteroatoms. The Bertz CT molecular complexity index is 1840. The molecule has 9 nitrogen and oxygen atoms in total. The van der Waals surface area contributed by atoms with Gasteiger partial charge in [0.1, 0.15) is 11.6 Å². The van der Waals surface area contributed by atoms with E-state index in [1.165, 1.54) is 40.5 Å². The predicted octanol–water partition coefficient (Wildman–Crippen LogP) is 6.80. The number of fused-ring (bicyclic) bond motifs is 1. The molecule has 0 unspecified atom stereocenters. The first-order valence-corrected chi connectivity index (χ1v) is 15.3. The van der Waals surface area contributed by atoms with Gasteiger partial charge in [-0.05, 0) is 66.3 Å².